The number of aryl methyl sites for hydroxylation is 2. The van der Waals surface area contributed by atoms with Crippen molar-refractivity contribution < 1.29 is 4.74 Å². The van der Waals surface area contributed by atoms with Crippen LogP contribution in [0.4, 0.5) is 0 Å². The normalized spacial score (nSPS) is 21.9. The van der Waals surface area contributed by atoms with Crippen molar-refractivity contribution in [2.75, 3.05) is 13.7 Å². The van der Waals surface area contributed by atoms with Crippen LogP contribution in [0.15, 0.2) is 12.4 Å². The van der Waals surface area contributed by atoms with Gasteiger partial charge in [-0.3, -0.25) is 4.68 Å². The van der Waals surface area contributed by atoms with Crippen LogP contribution in [0, 0.1) is 0 Å². The highest BCUT2D eigenvalue weighted by Crippen LogP contribution is 2.18. The Morgan fingerprint density at radius 2 is 2.53 bits per heavy atom. The van der Waals surface area contributed by atoms with Gasteiger partial charge < -0.3 is 10.1 Å². The fourth-order valence-electron chi connectivity index (χ4n) is 2.47. The Hall–Kier alpha value is -0.870. The predicted molar refractivity (Wildman–Crippen MR) is 68.0 cm³/mol. The standard InChI is InChI=1S/C13H23N3O/c1-14-12(8-13-4-3-7-17-13)6-5-11-9-15-16(2)10-11/h9-10,12-14H,3-8H2,1-2H3. The van der Waals surface area contributed by atoms with Crippen molar-refractivity contribution in [1.82, 2.24) is 15.1 Å². The minimum absolute atomic E-state index is 0.473. The summed E-state index contributed by atoms with van der Waals surface area (Å²) >= 11 is 0. The van der Waals surface area contributed by atoms with Gasteiger partial charge in [-0.05, 0) is 44.7 Å². The van der Waals surface area contributed by atoms with E-state index < -0.39 is 0 Å². The summed E-state index contributed by atoms with van der Waals surface area (Å²) < 4.78 is 7.55. The molecule has 1 aliphatic heterocycles. The monoisotopic (exact) mass is 237 g/mol. The Morgan fingerprint density at radius 1 is 1.65 bits per heavy atom. The molecule has 0 spiro atoms. The van der Waals surface area contributed by atoms with Gasteiger partial charge in [0.15, 0.2) is 0 Å². The third kappa shape index (κ3) is 3.82. The molecule has 96 valence electrons. The Bertz CT molecular complexity index is 331. The molecule has 0 saturated carbocycles. The van der Waals surface area contributed by atoms with E-state index in [0.29, 0.717) is 12.1 Å². The predicted octanol–water partition coefficient (Wildman–Crippen LogP) is 1.51. The second-order valence-electron chi connectivity index (χ2n) is 4.92. The summed E-state index contributed by atoms with van der Waals surface area (Å²) in [5.41, 5.74) is 1.32. The molecule has 1 saturated heterocycles. The lowest BCUT2D eigenvalue weighted by molar-refractivity contribution is 0.0945. The molecule has 0 radical (unpaired) electrons. The second kappa shape index (κ2) is 6.17. The Balaban J connectivity index is 1.74. The first kappa shape index (κ1) is 12.6. The van der Waals surface area contributed by atoms with Crippen molar-refractivity contribution in [3.63, 3.8) is 0 Å². The van der Waals surface area contributed by atoms with Crippen LogP contribution in [-0.2, 0) is 18.2 Å². The average Bonchev–Trinajstić information content (AvgIpc) is 2.96. The molecular formula is C13H23N3O. The van der Waals surface area contributed by atoms with E-state index in [9.17, 15) is 0 Å². The maximum absolute atomic E-state index is 5.68. The molecule has 1 aliphatic rings. The van der Waals surface area contributed by atoms with Crippen molar-refractivity contribution in [2.24, 2.45) is 7.05 Å². The van der Waals surface area contributed by atoms with Crippen LogP contribution in [0.3, 0.4) is 0 Å². The number of nitrogens with zero attached hydrogens (tertiary/aromatic N) is 2. The quantitative estimate of drug-likeness (QED) is 0.815. The second-order valence-corrected chi connectivity index (χ2v) is 4.92. The van der Waals surface area contributed by atoms with E-state index in [-0.39, 0.29) is 0 Å². The zero-order valence-corrected chi connectivity index (χ0v) is 10.9. The molecule has 1 aromatic heterocycles. The maximum atomic E-state index is 5.68. The molecule has 2 heterocycles. The van der Waals surface area contributed by atoms with E-state index in [1.807, 2.05) is 25.0 Å². The third-order valence-electron chi connectivity index (χ3n) is 3.52. The summed E-state index contributed by atoms with van der Waals surface area (Å²) in [5.74, 6) is 0. The van der Waals surface area contributed by atoms with Gasteiger partial charge in [0.25, 0.3) is 0 Å². The molecule has 4 heteroatoms. The minimum atomic E-state index is 0.473. The van der Waals surface area contributed by atoms with E-state index in [2.05, 4.69) is 16.6 Å². The molecule has 17 heavy (non-hydrogen) atoms. The molecule has 0 aromatic carbocycles. The number of hydrogen-bond donors (Lipinski definition) is 1. The Labute approximate surface area is 103 Å². The molecule has 0 aliphatic carbocycles. The molecule has 2 unspecified atom stereocenters. The lowest BCUT2D eigenvalue weighted by Gasteiger charge is -2.19. The highest BCUT2D eigenvalue weighted by molar-refractivity contribution is 5.04. The summed E-state index contributed by atoms with van der Waals surface area (Å²) in [6.07, 6.45) is 10.4. The van der Waals surface area contributed by atoms with Gasteiger partial charge in [-0.1, -0.05) is 0 Å². The van der Waals surface area contributed by atoms with Crippen LogP contribution in [0.2, 0.25) is 0 Å². The fraction of sp³-hybridized carbons (Fsp3) is 0.769. The number of aromatic nitrogens is 2. The zero-order valence-electron chi connectivity index (χ0n) is 10.9. The van der Waals surface area contributed by atoms with Gasteiger partial charge in [-0.2, -0.15) is 5.10 Å². The SMILES string of the molecule is CNC(CCc1cnn(C)c1)CC1CCCO1. The highest BCUT2D eigenvalue weighted by atomic mass is 16.5. The zero-order chi connectivity index (χ0) is 12.1. The van der Waals surface area contributed by atoms with Gasteiger partial charge in [-0.15, -0.1) is 0 Å². The van der Waals surface area contributed by atoms with Crippen molar-refractivity contribution in [2.45, 2.75) is 44.2 Å². The van der Waals surface area contributed by atoms with E-state index in [0.717, 1.165) is 25.9 Å². The highest BCUT2D eigenvalue weighted by Gasteiger charge is 2.19. The Morgan fingerprint density at radius 3 is 3.12 bits per heavy atom. The summed E-state index contributed by atoms with van der Waals surface area (Å²) in [6.45, 7) is 0.948. The summed E-state index contributed by atoms with van der Waals surface area (Å²) in [4.78, 5) is 0. The summed E-state index contributed by atoms with van der Waals surface area (Å²) in [6, 6.07) is 0.554. The third-order valence-corrected chi connectivity index (χ3v) is 3.52. The van der Waals surface area contributed by atoms with E-state index in [1.165, 1.54) is 18.4 Å². The summed E-state index contributed by atoms with van der Waals surface area (Å²) in [5, 5.41) is 7.59. The van der Waals surface area contributed by atoms with Crippen LogP contribution >= 0.6 is 0 Å². The Kier molecular flexibility index (Phi) is 4.57. The fourth-order valence-corrected chi connectivity index (χ4v) is 2.47. The van der Waals surface area contributed by atoms with Gasteiger partial charge in [-0.25, -0.2) is 0 Å². The molecular weight excluding hydrogens is 214 g/mol. The number of ether oxygens (including phenoxy) is 1. The van der Waals surface area contributed by atoms with E-state index >= 15 is 0 Å². The smallest absolute Gasteiger partial charge is 0.0590 e. The number of nitrogens with one attached hydrogen (secondary N) is 1. The van der Waals surface area contributed by atoms with Crippen LogP contribution in [-0.4, -0.2) is 35.6 Å². The first-order valence-corrected chi connectivity index (χ1v) is 6.54. The van der Waals surface area contributed by atoms with Gasteiger partial charge in [0, 0.05) is 25.9 Å². The van der Waals surface area contributed by atoms with Crippen LogP contribution in [0.25, 0.3) is 0 Å². The average molecular weight is 237 g/mol. The topological polar surface area (TPSA) is 39.1 Å². The van der Waals surface area contributed by atoms with Crippen molar-refractivity contribution in [3.8, 4) is 0 Å². The van der Waals surface area contributed by atoms with Gasteiger partial charge >= 0.3 is 0 Å². The molecule has 2 atom stereocenters. The minimum Gasteiger partial charge on any atom is -0.378 e. The molecule has 2 rings (SSSR count). The van der Waals surface area contributed by atoms with Crippen LogP contribution in [0.1, 0.15) is 31.2 Å². The lowest BCUT2D eigenvalue weighted by Crippen LogP contribution is -2.30. The number of hydrogen-bond acceptors (Lipinski definition) is 3. The first-order chi connectivity index (χ1) is 8.28. The van der Waals surface area contributed by atoms with Crippen LogP contribution < -0.4 is 5.32 Å². The molecule has 0 bridgehead atoms. The molecule has 4 nitrogen and oxygen atoms in total. The maximum Gasteiger partial charge on any atom is 0.0590 e. The van der Waals surface area contributed by atoms with Gasteiger partial charge in [0.05, 0.1) is 12.3 Å². The van der Waals surface area contributed by atoms with Gasteiger partial charge in [0.1, 0.15) is 0 Å². The summed E-state index contributed by atoms with van der Waals surface area (Å²) in [7, 11) is 4.01. The van der Waals surface area contributed by atoms with E-state index in [1.54, 1.807) is 0 Å². The van der Waals surface area contributed by atoms with Gasteiger partial charge in [0.2, 0.25) is 0 Å². The molecule has 1 fully saturated rings. The largest absolute Gasteiger partial charge is 0.378 e. The van der Waals surface area contributed by atoms with Crippen molar-refractivity contribution in [1.29, 1.82) is 0 Å². The molecule has 1 N–H and O–H groups in total. The molecule has 1 aromatic rings. The van der Waals surface area contributed by atoms with Crippen LogP contribution in [0.5, 0.6) is 0 Å². The lowest BCUT2D eigenvalue weighted by atomic mass is 10.0. The van der Waals surface area contributed by atoms with Crippen molar-refractivity contribution in [3.05, 3.63) is 18.0 Å². The van der Waals surface area contributed by atoms with Crippen molar-refractivity contribution >= 4 is 0 Å². The first-order valence-electron chi connectivity index (χ1n) is 6.54. The van der Waals surface area contributed by atoms with E-state index in [4.69, 9.17) is 4.74 Å². The number of rotatable bonds is 6. The molecule has 0 amide bonds.